The number of aromatic nitrogens is 6. The van der Waals surface area contributed by atoms with Gasteiger partial charge in [0.15, 0.2) is 0 Å². The number of piperidine rings is 1. The molecule has 2 atom stereocenters. The van der Waals surface area contributed by atoms with Crippen molar-refractivity contribution in [3.8, 4) is 16.8 Å². The zero-order valence-electron chi connectivity index (χ0n) is 25.2. The Bertz CT molecular complexity index is 1930. The molecule has 4 N–H and O–H groups in total. The molecule has 2 aromatic heterocycles. The molecule has 1 fully saturated rings. The number of H-pyrrole nitrogens is 1. The lowest BCUT2D eigenvalue weighted by Gasteiger charge is -2.33. The van der Waals surface area contributed by atoms with Gasteiger partial charge in [-0.25, -0.2) is 22.6 Å². The molecule has 1 saturated heterocycles. The van der Waals surface area contributed by atoms with E-state index in [1.807, 2.05) is 0 Å². The number of sulfonamides is 1. The average Bonchev–Trinajstić information content (AvgIpc) is 3.59. The normalized spacial score (nSPS) is 16.2. The number of tetrazole rings is 1. The summed E-state index contributed by atoms with van der Waals surface area (Å²) in [6.45, 7) is 2.34. The minimum absolute atomic E-state index is 0.00750. The third kappa shape index (κ3) is 8.46. The highest BCUT2D eigenvalue weighted by Gasteiger charge is 2.30. The number of nitrogens with zero attached hydrogens (tertiary/aromatic N) is 6. The fourth-order valence-electron chi connectivity index (χ4n) is 5.44. The van der Waals surface area contributed by atoms with E-state index in [0.717, 1.165) is 6.42 Å². The number of aromatic amines is 1. The molecule has 2 aromatic carbocycles. The van der Waals surface area contributed by atoms with Crippen molar-refractivity contribution < 1.29 is 23.1 Å². The van der Waals surface area contributed by atoms with Crippen LogP contribution >= 0.6 is 11.6 Å². The Morgan fingerprint density at radius 2 is 1.98 bits per heavy atom. The molecule has 17 heteroatoms. The Kier molecular flexibility index (Phi) is 10.4. The van der Waals surface area contributed by atoms with E-state index in [0.29, 0.717) is 59.1 Å². The molecule has 1 unspecified atom stereocenters. The van der Waals surface area contributed by atoms with Crippen LogP contribution in [0.4, 0.5) is 10.5 Å². The van der Waals surface area contributed by atoms with Gasteiger partial charge in [-0.05, 0) is 90.6 Å². The first kappa shape index (κ1) is 33.4. The Labute approximate surface area is 274 Å². The Hall–Kier alpha value is -4.93. The van der Waals surface area contributed by atoms with E-state index in [2.05, 4.69) is 36.4 Å². The topological polar surface area (TPSA) is 205 Å². The number of nitrogens with one attached hydrogen (secondary N) is 3. The number of carbonyl (C=O) groups is 2. The molecule has 4 aromatic rings. The van der Waals surface area contributed by atoms with E-state index >= 15 is 0 Å². The largest absolute Gasteiger partial charge is 0.465 e. The van der Waals surface area contributed by atoms with Crippen molar-refractivity contribution >= 4 is 45.4 Å². The fourth-order valence-corrected chi connectivity index (χ4v) is 6.83. The van der Waals surface area contributed by atoms with Crippen molar-refractivity contribution in [2.45, 2.75) is 32.2 Å². The summed E-state index contributed by atoms with van der Waals surface area (Å²) in [6.07, 6.45) is 4.86. The summed E-state index contributed by atoms with van der Waals surface area (Å²) in [7, 11) is -3.40. The first-order valence-corrected chi connectivity index (χ1v) is 16.7. The highest BCUT2D eigenvalue weighted by atomic mass is 35.5. The third-order valence-electron chi connectivity index (χ3n) is 7.75. The number of amides is 2. The summed E-state index contributed by atoms with van der Waals surface area (Å²) in [5.41, 5.74) is 2.15. The first-order valence-electron chi connectivity index (χ1n) is 14.7. The molecular formula is C30H32ClN9O6S. The van der Waals surface area contributed by atoms with Gasteiger partial charge < -0.3 is 10.4 Å². The number of benzene rings is 2. The van der Waals surface area contributed by atoms with Gasteiger partial charge in [-0.2, -0.15) is 9.78 Å². The van der Waals surface area contributed by atoms with Crippen molar-refractivity contribution in [3.63, 3.8) is 0 Å². The van der Waals surface area contributed by atoms with Crippen LogP contribution in [0.5, 0.6) is 0 Å². The molecule has 3 heterocycles. The van der Waals surface area contributed by atoms with E-state index in [1.54, 1.807) is 49.4 Å². The summed E-state index contributed by atoms with van der Waals surface area (Å²) in [5.74, 6) is -0.575. The second kappa shape index (κ2) is 14.7. The summed E-state index contributed by atoms with van der Waals surface area (Å²) < 4.78 is 28.2. The second-order valence-electron chi connectivity index (χ2n) is 10.9. The van der Waals surface area contributed by atoms with Crippen molar-refractivity contribution in [2.24, 2.45) is 5.92 Å². The third-order valence-corrected chi connectivity index (χ3v) is 9.84. The predicted octanol–water partition coefficient (Wildman–Crippen LogP) is 3.48. The van der Waals surface area contributed by atoms with Crippen molar-refractivity contribution in [3.05, 3.63) is 87.6 Å². The number of carboxylic acid groups (broad SMARTS) is 1. The molecule has 0 radical (unpaired) electrons. The maximum absolute atomic E-state index is 13.4. The molecule has 47 heavy (non-hydrogen) atoms. The van der Waals surface area contributed by atoms with E-state index in [4.69, 9.17) is 16.7 Å². The number of anilines is 1. The summed E-state index contributed by atoms with van der Waals surface area (Å²) in [4.78, 5) is 37.2. The fraction of sp³-hybridized carbons (Fsp3) is 0.300. The maximum atomic E-state index is 13.4. The van der Waals surface area contributed by atoms with Gasteiger partial charge in [0.25, 0.3) is 5.56 Å². The monoisotopic (exact) mass is 681 g/mol. The minimum atomic E-state index is -3.40. The molecule has 0 saturated carbocycles. The zero-order chi connectivity index (χ0) is 33.6. The van der Waals surface area contributed by atoms with E-state index in [1.165, 1.54) is 33.5 Å². The molecule has 0 aliphatic carbocycles. The van der Waals surface area contributed by atoms with Gasteiger partial charge in [-0.15, -0.1) is 5.10 Å². The summed E-state index contributed by atoms with van der Waals surface area (Å²) >= 11 is 6.22. The van der Waals surface area contributed by atoms with E-state index < -0.39 is 33.6 Å². The van der Waals surface area contributed by atoms with E-state index in [-0.39, 0.29) is 17.2 Å². The van der Waals surface area contributed by atoms with Crippen LogP contribution in [0.1, 0.15) is 43.5 Å². The Morgan fingerprint density at radius 1 is 1.19 bits per heavy atom. The van der Waals surface area contributed by atoms with Gasteiger partial charge >= 0.3 is 6.09 Å². The number of rotatable bonds is 11. The molecular weight excluding hydrogens is 650 g/mol. The van der Waals surface area contributed by atoms with Gasteiger partial charge in [-0.1, -0.05) is 23.7 Å². The van der Waals surface area contributed by atoms with Gasteiger partial charge in [-0.3, -0.25) is 14.9 Å². The number of hydrogen-bond donors (Lipinski definition) is 4. The predicted molar refractivity (Wildman–Crippen MR) is 174 cm³/mol. The lowest BCUT2D eigenvalue weighted by atomic mass is 9.90. The number of carbonyl (C=O) groups excluding carboxylic acids is 1. The second-order valence-corrected chi connectivity index (χ2v) is 13.6. The van der Waals surface area contributed by atoms with Crippen LogP contribution in [0.2, 0.25) is 5.02 Å². The molecule has 5 rings (SSSR count). The lowest BCUT2D eigenvalue weighted by Crippen LogP contribution is -2.42. The Morgan fingerprint density at radius 3 is 2.68 bits per heavy atom. The maximum Gasteiger partial charge on any atom is 0.409 e. The smallest absolute Gasteiger partial charge is 0.409 e. The highest BCUT2D eigenvalue weighted by molar-refractivity contribution is 7.89. The number of halogens is 1. The van der Waals surface area contributed by atoms with Crippen LogP contribution in [0.15, 0.2) is 65.7 Å². The van der Waals surface area contributed by atoms with Gasteiger partial charge in [0, 0.05) is 35.4 Å². The minimum Gasteiger partial charge on any atom is -0.465 e. The van der Waals surface area contributed by atoms with Crippen LogP contribution in [-0.4, -0.2) is 79.1 Å². The van der Waals surface area contributed by atoms with Crippen LogP contribution in [0.3, 0.4) is 0 Å². The molecule has 1 aliphatic rings. The molecule has 2 amide bonds. The molecule has 0 spiro atoms. The highest BCUT2D eigenvalue weighted by Crippen LogP contribution is 2.30. The SMILES string of the molecule is CCS(=O)(=O)N1CCCC(C[C@H](NC(=O)/C=C/c2cc(Cl)ccc2-n2cnnn2)c2cc(-c3ccc(NC(=O)O)cc3)c(=O)[nH]n2)C1. The van der Waals surface area contributed by atoms with Crippen molar-refractivity contribution in [2.75, 3.05) is 24.2 Å². The zero-order valence-corrected chi connectivity index (χ0v) is 26.8. The van der Waals surface area contributed by atoms with E-state index in [9.17, 15) is 22.8 Å². The first-order chi connectivity index (χ1) is 22.5. The van der Waals surface area contributed by atoms with Crippen LogP contribution < -0.4 is 16.2 Å². The molecule has 1 aliphatic heterocycles. The van der Waals surface area contributed by atoms with Crippen LogP contribution in [-0.2, 0) is 14.8 Å². The summed E-state index contributed by atoms with van der Waals surface area (Å²) in [6, 6.07) is 12.2. The summed E-state index contributed by atoms with van der Waals surface area (Å²) in [5, 5.41) is 32.7. The average molecular weight is 682 g/mol. The van der Waals surface area contributed by atoms with Crippen LogP contribution in [0.25, 0.3) is 22.9 Å². The van der Waals surface area contributed by atoms with Gasteiger partial charge in [0.1, 0.15) is 6.33 Å². The van der Waals surface area contributed by atoms with Crippen molar-refractivity contribution in [1.82, 2.24) is 40.0 Å². The van der Waals surface area contributed by atoms with Gasteiger partial charge in [0.05, 0.1) is 28.7 Å². The Balaban J connectivity index is 1.44. The van der Waals surface area contributed by atoms with Crippen molar-refractivity contribution in [1.29, 1.82) is 0 Å². The molecule has 0 bridgehead atoms. The van der Waals surface area contributed by atoms with Crippen LogP contribution in [0, 0.1) is 5.92 Å². The lowest BCUT2D eigenvalue weighted by molar-refractivity contribution is -0.117. The molecule has 15 nitrogen and oxygen atoms in total. The quantitative estimate of drug-likeness (QED) is 0.170. The standard InChI is InChI=1S/C30H32ClN9O6S/c1-2-47(45,46)39-13-3-4-19(17-39)14-25(26-16-24(29(42)36-35-26)20-5-9-23(10-6-20)33-30(43)44)34-28(41)12-7-21-15-22(31)8-11-27(21)40-18-32-37-38-40/h5-12,15-16,18-19,25,33H,2-4,13-14,17H2,1H3,(H,34,41)(H,36,42)(H,43,44)/b12-7+/t19?,25-/m0/s1. The van der Waals surface area contributed by atoms with Gasteiger partial charge in [0.2, 0.25) is 15.9 Å². The molecule has 246 valence electrons. The number of hydrogen-bond acceptors (Lipinski definition) is 9.